The minimum atomic E-state index is -1.58. The van der Waals surface area contributed by atoms with E-state index in [1.165, 1.54) is 13.1 Å². The number of Topliss-reactive ketones (excluding diaryl/α,β-unsaturated/α-hetero) is 1. The Morgan fingerprint density at radius 1 is 1.41 bits per heavy atom. The van der Waals surface area contributed by atoms with Crippen molar-refractivity contribution in [2.75, 3.05) is 0 Å². The molecule has 140 valence electrons. The Bertz CT molecular complexity index is 1010. The molecule has 0 spiro atoms. The molecule has 1 aromatic heterocycles. The van der Waals surface area contributed by atoms with Crippen LogP contribution >= 0.6 is 0 Å². The van der Waals surface area contributed by atoms with Crippen molar-refractivity contribution in [2.24, 2.45) is 5.11 Å². The predicted octanol–water partition coefficient (Wildman–Crippen LogP) is 1.06. The summed E-state index contributed by atoms with van der Waals surface area (Å²) in [6, 6.07) is 7.30. The van der Waals surface area contributed by atoms with Gasteiger partial charge in [-0.3, -0.25) is 19.1 Å². The summed E-state index contributed by atoms with van der Waals surface area (Å²) in [4.78, 5) is 41.0. The highest BCUT2D eigenvalue weighted by Crippen LogP contribution is 2.32. The molecule has 0 aliphatic carbocycles. The number of aromatic amines is 1. The Labute approximate surface area is 152 Å². The fourth-order valence-corrected chi connectivity index (χ4v) is 3.03. The van der Waals surface area contributed by atoms with Crippen LogP contribution in [-0.4, -0.2) is 38.7 Å². The molecule has 0 bridgehead atoms. The van der Waals surface area contributed by atoms with Crippen LogP contribution in [0, 0.1) is 6.92 Å². The first kappa shape index (κ1) is 18.6. The van der Waals surface area contributed by atoms with Crippen molar-refractivity contribution < 1.29 is 14.6 Å². The summed E-state index contributed by atoms with van der Waals surface area (Å²) >= 11 is 0. The summed E-state index contributed by atoms with van der Waals surface area (Å²) in [6.45, 7) is 1.53. The Kier molecular flexibility index (Phi) is 5.22. The molecule has 10 nitrogen and oxygen atoms in total. The number of carbonyl (C=O) groups excluding carboxylic acids is 1. The number of nitrogens with one attached hydrogen (secondary N) is 1. The number of ether oxygens (including phenoxy) is 1. The van der Waals surface area contributed by atoms with Gasteiger partial charge in [-0.05, 0) is 12.5 Å². The summed E-state index contributed by atoms with van der Waals surface area (Å²) < 4.78 is 6.85. The lowest BCUT2D eigenvalue weighted by molar-refractivity contribution is -0.0529. The zero-order chi connectivity index (χ0) is 19.6. The van der Waals surface area contributed by atoms with Crippen molar-refractivity contribution >= 4 is 5.78 Å². The molecule has 0 saturated carbocycles. The van der Waals surface area contributed by atoms with Gasteiger partial charge in [0, 0.05) is 28.7 Å². The lowest BCUT2D eigenvalue weighted by Gasteiger charge is -2.21. The van der Waals surface area contributed by atoms with Gasteiger partial charge in [-0.15, -0.1) is 0 Å². The number of nitrogens with zero attached hydrogens (tertiary/aromatic N) is 4. The highest BCUT2D eigenvalue weighted by atomic mass is 16.5. The molecule has 10 heteroatoms. The molecule has 1 aromatic carbocycles. The van der Waals surface area contributed by atoms with Gasteiger partial charge in [0.1, 0.15) is 18.4 Å². The Morgan fingerprint density at radius 3 is 2.78 bits per heavy atom. The summed E-state index contributed by atoms with van der Waals surface area (Å²) in [6.07, 6.45) is -2.21. The first-order valence-electron chi connectivity index (χ1n) is 8.21. The van der Waals surface area contributed by atoms with Gasteiger partial charge in [-0.1, -0.05) is 35.4 Å². The van der Waals surface area contributed by atoms with Gasteiger partial charge < -0.3 is 9.84 Å². The van der Waals surface area contributed by atoms with Crippen molar-refractivity contribution in [1.29, 1.82) is 0 Å². The van der Waals surface area contributed by atoms with Crippen LogP contribution < -0.4 is 11.2 Å². The van der Waals surface area contributed by atoms with Gasteiger partial charge in [0.2, 0.25) is 0 Å². The Morgan fingerprint density at radius 2 is 2.11 bits per heavy atom. The first-order chi connectivity index (χ1) is 12.9. The molecule has 1 fully saturated rings. The maximum Gasteiger partial charge on any atom is 0.330 e. The van der Waals surface area contributed by atoms with Crippen molar-refractivity contribution in [2.45, 2.75) is 37.8 Å². The second-order valence-electron chi connectivity index (χ2n) is 6.22. The van der Waals surface area contributed by atoms with Crippen LogP contribution in [0.4, 0.5) is 0 Å². The predicted molar refractivity (Wildman–Crippen MR) is 94.3 cm³/mol. The van der Waals surface area contributed by atoms with E-state index >= 15 is 0 Å². The lowest BCUT2D eigenvalue weighted by atomic mass is 9.98. The molecular weight excluding hydrogens is 354 g/mol. The minimum Gasteiger partial charge on any atom is -0.382 e. The van der Waals surface area contributed by atoms with E-state index in [1.807, 2.05) is 0 Å². The van der Waals surface area contributed by atoms with Crippen LogP contribution in [0.25, 0.3) is 10.4 Å². The van der Waals surface area contributed by atoms with Gasteiger partial charge in [-0.2, -0.15) is 0 Å². The van der Waals surface area contributed by atoms with Crippen LogP contribution in [0.5, 0.6) is 0 Å². The lowest BCUT2D eigenvalue weighted by Crippen LogP contribution is -2.40. The van der Waals surface area contributed by atoms with E-state index in [0.29, 0.717) is 5.56 Å². The largest absolute Gasteiger partial charge is 0.382 e. The molecule has 1 unspecified atom stereocenters. The zero-order valence-corrected chi connectivity index (χ0v) is 14.3. The number of hydrogen-bond donors (Lipinski definition) is 2. The fourth-order valence-electron chi connectivity index (χ4n) is 3.03. The smallest absolute Gasteiger partial charge is 0.330 e. The second kappa shape index (κ2) is 7.58. The summed E-state index contributed by atoms with van der Waals surface area (Å²) in [5, 5.41) is 14.1. The van der Waals surface area contributed by atoms with E-state index < -0.39 is 41.5 Å². The number of benzene rings is 1. The topological polar surface area (TPSA) is 150 Å². The maximum atomic E-state index is 12.5. The minimum absolute atomic E-state index is 0.0687. The standard InChI is InChI=1S/C17H17N5O5/c1-9-8-22(17(26)19-16(9)25)12-7-11(20-21-18)15(27-12)14(24)13(23)10-5-3-2-4-6-10/h2-6,8,11-12,14-15,24H,7H2,1H3,(H,19,25,26)/t11-,12+,14?,15-/m0/s1. The Balaban J connectivity index is 1.90. The number of aliphatic hydroxyl groups is 1. The van der Waals surface area contributed by atoms with Crippen molar-refractivity contribution in [3.05, 3.63) is 78.9 Å². The van der Waals surface area contributed by atoms with E-state index in [1.54, 1.807) is 30.3 Å². The highest BCUT2D eigenvalue weighted by Gasteiger charge is 2.43. The van der Waals surface area contributed by atoms with Crippen LogP contribution in [0.3, 0.4) is 0 Å². The number of hydrogen-bond acceptors (Lipinski definition) is 6. The van der Waals surface area contributed by atoms with E-state index in [2.05, 4.69) is 15.0 Å². The van der Waals surface area contributed by atoms with Gasteiger partial charge >= 0.3 is 5.69 Å². The van der Waals surface area contributed by atoms with Crippen LogP contribution in [0.2, 0.25) is 0 Å². The van der Waals surface area contributed by atoms with Gasteiger partial charge in [0.05, 0.1) is 6.04 Å². The number of aryl methyl sites for hydroxylation is 1. The zero-order valence-electron chi connectivity index (χ0n) is 14.3. The van der Waals surface area contributed by atoms with E-state index in [4.69, 9.17) is 10.3 Å². The molecule has 0 radical (unpaired) electrons. The third-order valence-corrected chi connectivity index (χ3v) is 4.43. The number of aromatic nitrogens is 2. The molecule has 27 heavy (non-hydrogen) atoms. The SMILES string of the molecule is Cc1cn([C@H]2C[C@H](N=[N+]=[N-])[C@@H](C(O)C(=O)c3ccccc3)O2)c(=O)[nH]c1=O. The van der Waals surface area contributed by atoms with Crippen molar-refractivity contribution in [3.63, 3.8) is 0 Å². The summed E-state index contributed by atoms with van der Waals surface area (Å²) in [5.74, 6) is -0.579. The average Bonchev–Trinajstić information content (AvgIpc) is 3.08. The van der Waals surface area contributed by atoms with Gasteiger partial charge in [0.15, 0.2) is 5.78 Å². The normalized spacial score (nSPS) is 22.8. The molecular formula is C17H17N5O5. The average molecular weight is 371 g/mol. The molecule has 4 atom stereocenters. The summed E-state index contributed by atoms with van der Waals surface area (Å²) in [5.41, 5.74) is 8.16. The van der Waals surface area contributed by atoms with Crippen LogP contribution in [0.15, 0.2) is 51.2 Å². The molecule has 2 N–H and O–H groups in total. The molecule has 2 heterocycles. The van der Waals surface area contributed by atoms with E-state index in [9.17, 15) is 19.5 Å². The van der Waals surface area contributed by atoms with Crippen LogP contribution in [0.1, 0.15) is 28.6 Å². The Hall–Kier alpha value is -3.20. The first-order valence-corrected chi connectivity index (χ1v) is 8.21. The molecule has 1 aliphatic rings. The van der Waals surface area contributed by atoms with E-state index in [-0.39, 0.29) is 12.0 Å². The van der Waals surface area contributed by atoms with Crippen molar-refractivity contribution in [3.8, 4) is 0 Å². The fraction of sp³-hybridized carbons (Fsp3) is 0.353. The molecule has 2 aromatic rings. The number of carbonyl (C=O) groups is 1. The molecule has 1 saturated heterocycles. The highest BCUT2D eigenvalue weighted by molar-refractivity contribution is 5.99. The molecule has 1 aliphatic heterocycles. The van der Waals surface area contributed by atoms with Gasteiger partial charge in [0.25, 0.3) is 5.56 Å². The molecule has 3 rings (SSSR count). The van der Waals surface area contributed by atoms with Gasteiger partial charge in [-0.25, -0.2) is 4.79 Å². The number of azide groups is 1. The number of ketones is 1. The number of H-pyrrole nitrogens is 1. The third kappa shape index (κ3) is 3.68. The summed E-state index contributed by atoms with van der Waals surface area (Å²) in [7, 11) is 0. The number of aliphatic hydroxyl groups excluding tert-OH is 1. The van der Waals surface area contributed by atoms with E-state index in [0.717, 1.165) is 4.57 Å². The third-order valence-electron chi connectivity index (χ3n) is 4.43. The molecule has 0 amide bonds. The quantitative estimate of drug-likeness (QED) is 0.348. The second-order valence-corrected chi connectivity index (χ2v) is 6.22. The van der Waals surface area contributed by atoms with Crippen LogP contribution in [-0.2, 0) is 4.74 Å². The number of rotatable bonds is 5. The van der Waals surface area contributed by atoms with Crippen molar-refractivity contribution in [1.82, 2.24) is 9.55 Å². The monoisotopic (exact) mass is 371 g/mol. The maximum absolute atomic E-state index is 12.5.